The van der Waals surface area contributed by atoms with Gasteiger partial charge in [-0.1, -0.05) is 6.92 Å². The zero-order valence-electron chi connectivity index (χ0n) is 10.5. The van der Waals surface area contributed by atoms with Crippen LogP contribution in [0.4, 0.5) is 0 Å². The summed E-state index contributed by atoms with van der Waals surface area (Å²) in [5.74, 6) is 0.00721. The number of ether oxygens (including phenoxy) is 1. The number of carbonyl (C=O) groups excluding carboxylic acids is 1. The Morgan fingerprint density at radius 3 is 3.00 bits per heavy atom. The molecule has 0 spiro atoms. The number of morpholine rings is 1. The molecule has 5 nitrogen and oxygen atoms in total. The number of hydrogen-bond donors (Lipinski definition) is 2. The summed E-state index contributed by atoms with van der Waals surface area (Å²) >= 11 is 0. The second-order valence-electron chi connectivity index (χ2n) is 4.35. The first-order valence-corrected chi connectivity index (χ1v) is 7.63. The summed E-state index contributed by atoms with van der Waals surface area (Å²) in [6.45, 7) is 4.78. The number of carbonyl (C=O) groups is 1. The molecule has 0 saturated carbocycles. The molecule has 17 heavy (non-hydrogen) atoms. The Kier molecular flexibility index (Phi) is 6.69. The van der Waals surface area contributed by atoms with Gasteiger partial charge in [-0.05, 0) is 6.42 Å². The van der Waals surface area contributed by atoms with E-state index in [1.54, 1.807) is 6.26 Å². The molecule has 100 valence electrons. The van der Waals surface area contributed by atoms with Crippen LogP contribution in [0.2, 0.25) is 0 Å². The molecule has 0 radical (unpaired) electrons. The lowest BCUT2D eigenvalue weighted by Crippen LogP contribution is -2.41. The van der Waals surface area contributed by atoms with Gasteiger partial charge in [-0.2, -0.15) is 0 Å². The van der Waals surface area contributed by atoms with Gasteiger partial charge in [0.25, 0.3) is 0 Å². The molecule has 1 aliphatic rings. The number of nitrogens with one attached hydrogen (secondary N) is 2. The lowest BCUT2D eigenvalue weighted by molar-refractivity contribution is -0.124. The lowest BCUT2D eigenvalue weighted by atomic mass is 10.2. The van der Waals surface area contributed by atoms with Crippen LogP contribution in [-0.4, -0.2) is 54.0 Å². The number of amides is 1. The Labute approximate surface area is 105 Å². The minimum absolute atomic E-state index is 0.00721. The predicted octanol–water partition coefficient (Wildman–Crippen LogP) is -0.362. The van der Waals surface area contributed by atoms with E-state index in [1.807, 2.05) is 6.92 Å². The maximum absolute atomic E-state index is 11.6. The van der Waals surface area contributed by atoms with Crippen LogP contribution < -0.4 is 10.6 Å². The van der Waals surface area contributed by atoms with Crippen molar-refractivity contribution in [3.05, 3.63) is 0 Å². The van der Waals surface area contributed by atoms with E-state index in [0.29, 0.717) is 19.6 Å². The quantitative estimate of drug-likeness (QED) is 0.686. The third-order valence-corrected chi connectivity index (χ3v) is 4.23. The molecule has 2 N–H and O–H groups in total. The van der Waals surface area contributed by atoms with Crippen molar-refractivity contribution in [2.24, 2.45) is 0 Å². The molecule has 6 heteroatoms. The SMILES string of the molecule is CC(CCNC(=O)CC1CNCCO1)S(C)=O. The highest BCUT2D eigenvalue weighted by atomic mass is 32.2. The molecule has 1 saturated heterocycles. The van der Waals surface area contributed by atoms with Gasteiger partial charge < -0.3 is 15.4 Å². The molecule has 0 aliphatic carbocycles. The highest BCUT2D eigenvalue weighted by Crippen LogP contribution is 2.02. The highest BCUT2D eigenvalue weighted by molar-refractivity contribution is 7.84. The highest BCUT2D eigenvalue weighted by Gasteiger charge is 2.17. The normalized spacial score (nSPS) is 24.0. The molecule has 1 aliphatic heterocycles. The summed E-state index contributed by atoms with van der Waals surface area (Å²) in [6.07, 6.45) is 2.82. The molecule has 3 atom stereocenters. The van der Waals surface area contributed by atoms with Crippen molar-refractivity contribution in [1.29, 1.82) is 0 Å². The molecule has 1 amide bonds. The molecular weight excluding hydrogens is 240 g/mol. The van der Waals surface area contributed by atoms with Gasteiger partial charge in [0, 0.05) is 41.9 Å². The van der Waals surface area contributed by atoms with Crippen LogP contribution in [-0.2, 0) is 20.3 Å². The van der Waals surface area contributed by atoms with Crippen LogP contribution in [0.5, 0.6) is 0 Å². The van der Waals surface area contributed by atoms with E-state index in [1.165, 1.54) is 0 Å². The predicted molar refractivity (Wildman–Crippen MR) is 68.4 cm³/mol. The summed E-state index contributed by atoms with van der Waals surface area (Å²) in [6, 6.07) is 0. The van der Waals surface area contributed by atoms with E-state index in [4.69, 9.17) is 4.74 Å². The molecule has 1 rings (SSSR count). The molecule has 3 unspecified atom stereocenters. The summed E-state index contributed by atoms with van der Waals surface area (Å²) in [4.78, 5) is 11.6. The first kappa shape index (κ1) is 14.6. The van der Waals surface area contributed by atoms with Crippen molar-refractivity contribution in [2.75, 3.05) is 32.5 Å². The monoisotopic (exact) mass is 262 g/mol. The zero-order chi connectivity index (χ0) is 12.7. The van der Waals surface area contributed by atoms with E-state index in [0.717, 1.165) is 19.5 Å². The van der Waals surface area contributed by atoms with Crippen molar-refractivity contribution in [1.82, 2.24) is 10.6 Å². The minimum atomic E-state index is -0.817. The molecule has 0 aromatic heterocycles. The topological polar surface area (TPSA) is 67.4 Å². The Morgan fingerprint density at radius 2 is 2.41 bits per heavy atom. The molecule has 0 bridgehead atoms. The molecule has 1 heterocycles. The van der Waals surface area contributed by atoms with E-state index >= 15 is 0 Å². The van der Waals surface area contributed by atoms with Crippen molar-refractivity contribution >= 4 is 16.7 Å². The van der Waals surface area contributed by atoms with E-state index < -0.39 is 10.8 Å². The van der Waals surface area contributed by atoms with Gasteiger partial charge >= 0.3 is 0 Å². The molecule has 1 fully saturated rings. The van der Waals surface area contributed by atoms with Gasteiger partial charge in [0.1, 0.15) is 0 Å². The minimum Gasteiger partial charge on any atom is -0.375 e. The van der Waals surface area contributed by atoms with Crippen molar-refractivity contribution in [3.63, 3.8) is 0 Å². The first-order valence-electron chi connectivity index (χ1n) is 6.01. The Bertz CT molecular complexity index is 267. The maximum Gasteiger partial charge on any atom is 0.222 e. The smallest absolute Gasteiger partial charge is 0.222 e. The van der Waals surface area contributed by atoms with E-state index in [9.17, 15) is 9.00 Å². The standard InChI is InChI=1S/C11H22N2O3S/c1-9(17(2)15)3-4-13-11(14)7-10-8-12-5-6-16-10/h9-10,12H,3-8H2,1-2H3,(H,13,14). The van der Waals surface area contributed by atoms with Crippen molar-refractivity contribution < 1.29 is 13.7 Å². The largest absolute Gasteiger partial charge is 0.375 e. The Morgan fingerprint density at radius 1 is 1.65 bits per heavy atom. The number of hydrogen-bond acceptors (Lipinski definition) is 4. The van der Waals surface area contributed by atoms with Crippen LogP contribution in [0.25, 0.3) is 0 Å². The van der Waals surface area contributed by atoms with Crippen LogP contribution >= 0.6 is 0 Å². The van der Waals surface area contributed by atoms with Crippen LogP contribution in [0, 0.1) is 0 Å². The molecular formula is C11H22N2O3S. The molecule has 0 aromatic rings. The van der Waals surface area contributed by atoms with Gasteiger partial charge in [-0.25, -0.2) is 0 Å². The third-order valence-electron chi connectivity index (χ3n) is 2.86. The third kappa shape index (κ3) is 6.14. The second kappa shape index (κ2) is 7.79. The summed E-state index contributed by atoms with van der Waals surface area (Å²) < 4.78 is 16.5. The maximum atomic E-state index is 11.6. The first-order chi connectivity index (χ1) is 8.09. The summed E-state index contributed by atoms with van der Waals surface area (Å²) in [5, 5.41) is 6.15. The fourth-order valence-corrected chi connectivity index (χ4v) is 2.06. The summed E-state index contributed by atoms with van der Waals surface area (Å²) in [7, 11) is -0.817. The van der Waals surface area contributed by atoms with Crippen molar-refractivity contribution in [2.45, 2.75) is 31.1 Å². The average Bonchev–Trinajstić information content (AvgIpc) is 2.30. The summed E-state index contributed by atoms with van der Waals surface area (Å²) in [5.41, 5.74) is 0. The average molecular weight is 262 g/mol. The zero-order valence-corrected chi connectivity index (χ0v) is 11.3. The molecule has 0 aromatic carbocycles. The van der Waals surface area contributed by atoms with E-state index in [-0.39, 0.29) is 17.3 Å². The van der Waals surface area contributed by atoms with Gasteiger partial charge in [-0.15, -0.1) is 0 Å². The Balaban J connectivity index is 2.10. The van der Waals surface area contributed by atoms with Crippen LogP contribution in [0.3, 0.4) is 0 Å². The van der Waals surface area contributed by atoms with Gasteiger partial charge in [0.05, 0.1) is 19.1 Å². The fraction of sp³-hybridized carbons (Fsp3) is 0.909. The Hall–Kier alpha value is -0.460. The number of rotatable bonds is 6. The second-order valence-corrected chi connectivity index (χ2v) is 6.15. The van der Waals surface area contributed by atoms with Crippen molar-refractivity contribution in [3.8, 4) is 0 Å². The van der Waals surface area contributed by atoms with Gasteiger partial charge in [-0.3, -0.25) is 9.00 Å². The van der Waals surface area contributed by atoms with Gasteiger partial charge in [0.15, 0.2) is 0 Å². The lowest BCUT2D eigenvalue weighted by Gasteiger charge is -2.23. The van der Waals surface area contributed by atoms with Gasteiger partial charge in [0.2, 0.25) is 5.91 Å². The van der Waals surface area contributed by atoms with Crippen LogP contribution in [0.1, 0.15) is 19.8 Å². The van der Waals surface area contributed by atoms with E-state index in [2.05, 4.69) is 10.6 Å². The fourth-order valence-electron chi connectivity index (χ4n) is 1.61. The van der Waals surface area contributed by atoms with Crippen LogP contribution in [0.15, 0.2) is 0 Å².